The zero-order valence-corrected chi connectivity index (χ0v) is 22.9. The first-order valence-corrected chi connectivity index (χ1v) is 14.4. The van der Waals surface area contributed by atoms with Crippen molar-refractivity contribution in [2.24, 2.45) is 0 Å². The Balaban J connectivity index is 1.50. The maximum Gasteiger partial charge on any atom is 0.204 e. The highest BCUT2D eigenvalue weighted by Crippen LogP contribution is 2.42. The van der Waals surface area contributed by atoms with Crippen LogP contribution in [0.3, 0.4) is 0 Å². The van der Waals surface area contributed by atoms with Gasteiger partial charge in [-0.05, 0) is 53.3 Å². The molecule has 5 rings (SSSR count). The van der Waals surface area contributed by atoms with Crippen molar-refractivity contribution in [1.82, 2.24) is 0 Å². The molecule has 0 aromatic heterocycles. The first-order chi connectivity index (χ1) is 19.8. The summed E-state index contributed by atoms with van der Waals surface area (Å²) in [4.78, 5) is 15.2. The van der Waals surface area contributed by atoms with Crippen LogP contribution in [-0.2, 0) is 10.1 Å². The summed E-state index contributed by atoms with van der Waals surface area (Å²) in [6, 6.07) is 28.0. The predicted molar refractivity (Wildman–Crippen MR) is 156 cm³/mol. The minimum atomic E-state index is -4.40. The number of allylic oxidation sites excluding steroid dienone is 3. The Labute approximate surface area is 238 Å². The molecule has 0 saturated carbocycles. The molecular weight excluding hydrogens is 540 g/mol. The quantitative estimate of drug-likeness (QED) is 0.108. The average Bonchev–Trinajstić information content (AvgIpc) is 3.33. The van der Waals surface area contributed by atoms with E-state index in [1.807, 2.05) is 66.7 Å². The number of carbonyl (C=O) groups excluding carboxylic acids is 1. The fraction of sp³-hybridized carbons (Fsp3) is 0.125. The second kappa shape index (κ2) is 11.7. The zero-order chi connectivity index (χ0) is 29.0. The van der Waals surface area contributed by atoms with E-state index in [0.717, 1.165) is 16.5 Å². The molecule has 0 aliphatic carbocycles. The van der Waals surface area contributed by atoms with Crippen LogP contribution in [0.15, 0.2) is 109 Å². The highest BCUT2D eigenvalue weighted by Gasteiger charge is 2.27. The minimum absolute atomic E-state index is 0.0626. The lowest BCUT2D eigenvalue weighted by Crippen LogP contribution is -2.23. The Hall–Kier alpha value is -4.91. The normalized spacial score (nSPS) is 14.0. The van der Waals surface area contributed by atoms with E-state index in [9.17, 15) is 23.0 Å². The molecule has 1 aliphatic heterocycles. The maximum absolute atomic E-state index is 13.5. The topological polar surface area (TPSA) is 120 Å². The Bertz CT molecular complexity index is 1840. The number of benzene rings is 4. The first-order valence-electron chi connectivity index (χ1n) is 12.8. The van der Waals surface area contributed by atoms with Crippen LogP contribution in [0.1, 0.15) is 16.8 Å². The van der Waals surface area contributed by atoms with Gasteiger partial charge in [0.05, 0.1) is 22.9 Å². The van der Waals surface area contributed by atoms with Crippen molar-refractivity contribution in [3.8, 4) is 28.7 Å². The lowest BCUT2D eigenvalue weighted by Gasteiger charge is -2.19. The van der Waals surface area contributed by atoms with Gasteiger partial charge in [-0.15, -0.1) is 0 Å². The van der Waals surface area contributed by atoms with Crippen molar-refractivity contribution in [3.63, 3.8) is 0 Å². The van der Waals surface area contributed by atoms with Gasteiger partial charge in [-0.3, -0.25) is 4.79 Å². The van der Waals surface area contributed by atoms with Gasteiger partial charge in [0.2, 0.25) is 11.7 Å². The number of nitriles is 1. The molecule has 0 amide bonds. The van der Waals surface area contributed by atoms with E-state index in [1.165, 1.54) is 12.2 Å². The molecule has 0 radical (unpaired) electrons. The van der Waals surface area contributed by atoms with Gasteiger partial charge in [0.1, 0.15) is 17.4 Å². The van der Waals surface area contributed by atoms with Crippen LogP contribution in [-0.4, -0.2) is 38.2 Å². The smallest absolute Gasteiger partial charge is 0.204 e. The third-order valence-electron chi connectivity index (χ3n) is 6.72. The van der Waals surface area contributed by atoms with E-state index in [1.54, 1.807) is 36.3 Å². The summed E-state index contributed by atoms with van der Waals surface area (Å²) in [5, 5.41) is 11.3. The van der Waals surface area contributed by atoms with E-state index >= 15 is 0 Å². The predicted octanol–water partition coefficient (Wildman–Crippen LogP) is 5.82. The number of anilines is 1. The molecular formula is C32H25N2O6S-. The molecule has 1 aliphatic rings. The second-order valence-electron chi connectivity index (χ2n) is 9.30. The summed E-state index contributed by atoms with van der Waals surface area (Å²) in [7, 11) is -2.85. The van der Waals surface area contributed by atoms with Crippen LogP contribution >= 0.6 is 0 Å². The van der Waals surface area contributed by atoms with Crippen LogP contribution in [0.4, 0.5) is 5.69 Å². The fourth-order valence-electron chi connectivity index (χ4n) is 4.78. The van der Waals surface area contributed by atoms with E-state index < -0.39 is 21.7 Å². The molecule has 0 spiro atoms. The van der Waals surface area contributed by atoms with Gasteiger partial charge >= 0.3 is 0 Å². The number of ether oxygens (including phenoxy) is 2. The number of rotatable bonds is 9. The summed E-state index contributed by atoms with van der Waals surface area (Å²) in [6.45, 7) is 0.172. The van der Waals surface area contributed by atoms with Crippen molar-refractivity contribution in [1.29, 1.82) is 5.26 Å². The third kappa shape index (κ3) is 5.99. The molecule has 8 nitrogen and oxygen atoms in total. The SMILES string of the molecule is COc1ccc(C(=O)/C(C#N)=C/C=C2/Oc3ccc(-c4ccccc4)cc3N2CCCS(=O)(=O)[O-])c2ccccc12. The number of ketones is 1. The van der Waals surface area contributed by atoms with Crippen molar-refractivity contribution < 1.29 is 27.2 Å². The number of Topliss-reactive ketones (excluding diaryl/α,β-unsaturated/α-hetero) is 1. The summed E-state index contributed by atoms with van der Waals surface area (Å²) in [5.74, 6) is 0.444. The Kier molecular flexibility index (Phi) is 7.88. The molecule has 9 heteroatoms. The van der Waals surface area contributed by atoms with Crippen molar-refractivity contribution in [3.05, 3.63) is 114 Å². The monoisotopic (exact) mass is 565 g/mol. The Morgan fingerprint density at radius 2 is 1.73 bits per heavy atom. The summed E-state index contributed by atoms with van der Waals surface area (Å²) in [5.41, 5.74) is 2.83. The highest BCUT2D eigenvalue weighted by molar-refractivity contribution is 7.85. The lowest BCUT2D eigenvalue weighted by atomic mass is 9.97. The molecule has 4 aromatic rings. The number of carbonyl (C=O) groups is 1. The third-order valence-corrected chi connectivity index (χ3v) is 7.51. The maximum atomic E-state index is 13.5. The van der Waals surface area contributed by atoms with Crippen LogP contribution < -0.4 is 14.4 Å². The van der Waals surface area contributed by atoms with Gasteiger partial charge < -0.3 is 18.9 Å². The van der Waals surface area contributed by atoms with Crippen LogP contribution in [0.25, 0.3) is 21.9 Å². The molecule has 0 bridgehead atoms. The van der Waals surface area contributed by atoms with E-state index in [0.29, 0.717) is 34.0 Å². The van der Waals surface area contributed by atoms with E-state index in [4.69, 9.17) is 9.47 Å². The highest BCUT2D eigenvalue weighted by atomic mass is 32.2. The van der Waals surface area contributed by atoms with Gasteiger partial charge in [0.25, 0.3) is 0 Å². The summed E-state index contributed by atoms with van der Waals surface area (Å²) in [6.07, 6.45) is 2.96. The number of nitrogens with zero attached hydrogens (tertiary/aromatic N) is 2. The molecule has 0 fully saturated rings. The molecule has 0 atom stereocenters. The van der Waals surface area contributed by atoms with Crippen molar-refractivity contribution >= 4 is 32.4 Å². The number of hydrogen-bond acceptors (Lipinski definition) is 8. The zero-order valence-electron chi connectivity index (χ0n) is 22.1. The van der Waals surface area contributed by atoms with Crippen LogP contribution in [0.5, 0.6) is 11.5 Å². The van der Waals surface area contributed by atoms with E-state index in [2.05, 4.69) is 0 Å². The van der Waals surface area contributed by atoms with Crippen LogP contribution in [0, 0.1) is 11.3 Å². The Morgan fingerprint density at radius 1 is 1.00 bits per heavy atom. The second-order valence-corrected chi connectivity index (χ2v) is 10.8. The molecule has 0 saturated heterocycles. The van der Waals surface area contributed by atoms with Crippen molar-refractivity contribution in [2.45, 2.75) is 6.42 Å². The molecule has 4 aromatic carbocycles. The average molecular weight is 566 g/mol. The van der Waals surface area contributed by atoms with Crippen molar-refractivity contribution in [2.75, 3.05) is 24.3 Å². The minimum Gasteiger partial charge on any atom is -0.748 e. The van der Waals surface area contributed by atoms with Gasteiger partial charge in [-0.2, -0.15) is 5.26 Å². The van der Waals surface area contributed by atoms with Crippen LogP contribution in [0.2, 0.25) is 0 Å². The standard InChI is InChI=1S/C32H26N2O6S/c1-39-29-16-14-27(25-10-5-6-11-26(25)29)32(35)24(21-33)13-17-31-34(18-7-19-41(36,37)38)28-20-23(12-15-30(28)40-31)22-8-3-2-4-9-22/h2-6,8-17,20H,7,18-19H2,1H3,(H,36,37,38)/p-1/b24-13+,31-17+. The molecule has 206 valence electrons. The first kappa shape index (κ1) is 27.6. The lowest BCUT2D eigenvalue weighted by molar-refractivity contribution is 0.104. The molecule has 0 unspecified atom stereocenters. The number of methoxy groups -OCH3 is 1. The van der Waals surface area contributed by atoms with Gasteiger partial charge in [0.15, 0.2) is 5.75 Å². The van der Waals surface area contributed by atoms with Gasteiger partial charge in [-0.1, -0.05) is 60.7 Å². The molecule has 1 heterocycles. The Morgan fingerprint density at radius 3 is 2.44 bits per heavy atom. The summed E-state index contributed by atoms with van der Waals surface area (Å²) < 4.78 is 45.2. The fourth-order valence-corrected chi connectivity index (χ4v) is 5.26. The van der Waals surface area contributed by atoms with E-state index in [-0.39, 0.29) is 18.5 Å². The van der Waals surface area contributed by atoms with Gasteiger partial charge in [-0.25, -0.2) is 8.42 Å². The molecule has 41 heavy (non-hydrogen) atoms. The number of fused-ring (bicyclic) bond motifs is 2. The molecule has 0 N–H and O–H groups in total. The number of hydrogen-bond donors (Lipinski definition) is 0. The largest absolute Gasteiger partial charge is 0.748 e. The summed E-state index contributed by atoms with van der Waals surface area (Å²) >= 11 is 0. The van der Waals surface area contributed by atoms with Gasteiger partial charge in [0, 0.05) is 29.3 Å².